The van der Waals surface area contributed by atoms with Crippen LogP contribution < -0.4 is 0 Å². The number of hydrogen-bond donors (Lipinski definition) is 0. The summed E-state index contributed by atoms with van der Waals surface area (Å²) >= 11 is 0. The largest absolute Gasteiger partial charge is 0.301 e. The van der Waals surface area contributed by atoms with Crippen LogP contribution in [0.2, 0.25) is 0 Å². The van der Waals surface area contributed by atoms with Gasteiger partial charge in [0.25, 0.3) is 5.92 Å². The molecule has 3 nitrogen and oxygen atoms in total. The summed E-state index contributed by atoms with van der Waals surface area (Å²) in [5, 5.41) is 0. The summed E-state index contributed by atoms with van der Waals surface area (Å²) in [5.41, 5.74) is 0. The van der Waals surface area contributed by atoms with Gasteiger partial charge in [-0.2, -0.15) is 0 Å². The molecule has 2 rings (SSSR count). The maximum atomic E-state index is 14.2. The molecule has 1 unspecified atom stereocenters. The number of rotatable bonds is 3. The van der Waals surface area contributed by atoms with E-state index >= 15 is 0 Å². The van der Waals surface area contributed by atoms with E-state index in [1.165, 1.54) is 0 Å². The smallest absolute Gasteiger partial charge is 0.275 e. The summed E-state index contributed by atoms with van der Waals surface area (Å²) in [6, 6.07) is -0.542. The van der Waals surface area contributed by atoms with Crippen molar-refractivity contribution in [2.75, 3.05) is 52.4 Å². The van der Waals surface area contributed by atoms with Crippen LogP contribution in [0.25, 0.3) is 0 Å². The standard InChI is InChI=1S/C13H25F2N3.C2H6/c1-3-16-7-9-18(10-8-16)12-5-6-17(4-2)11-13(12,14)15;1-2/h12H,3-11H2,1-2H3;1-2H3. The fraction of sp³-hybridized carbons (Fsp3) is 1.00. The first-order valence-electron chi connectivity index (χ1n) is 8.13. The van der Waals surface area contributed by atoms with Gasteiger partial charge in [-0.05, 0) is 19.5 Å². The van der Waals surface area contributed by atoms with E-state index in [2.05, 4.69) is 11.8 Å². The van der Waals surface area contributed by atoms with Crippen molar-refractivity contribution in [2.45, 2.75) is 46.1 Å². The van der Waals surface area contributed by atoms with Crippen molar-refractivity contribution in [1.82, 2.24) is 14.7 Å². The highest BCUT2D eigenvalue weighted by molar-refractivity contribution is 4.94. The van der Waals surface area contributed by atoms with E-state index in [0.717, 1.165) is 45.8 Å². The average Bonchev–Trinajstić information content (AvgIpc) is 2.48. The zero-order chi connectivity index (χ0) is 15.2. The molecule has 2 heterocycles. The molecular formula is C15H31F2N3. The highest BCUT2D eigenvalue weighted by Gasteiger charge is 2.47. The Bertz CT molecular complexity index is 266. The van der Waals surface area contributed by atoms with Crippen LogP contribution in [0.3, 0.4) is 0 Å². The lowest BCUT2D eigenvalue weighted by atomic mass is 9.98. The number of halogens is 2. The number of piperidine rings is 1. The zero-order valence-corrected chi connectivity index (χ0v) is 13.5. The minimum atomic E-state index is -2.55. The van der Waals surface area contributed by atoms with Gasteiger partial charge in [-0.1, -0.05) is 27.7 Å². The summed E-state index contributed by atoms with van der Waals surface area (Å²) in [5.74, 6) is -2.55. The Morgan fingerprint density at radius 3 is 1.90 bits per heavy atom. The fourth-order valence-corrected chi connectivity index (χ4v) is 3.11. The number of nitrogens with zero attached hydrogens (tertiary/aromatic N) is 3. The predicted molar refractivity (Wildman–Crippen MR) is 80.5 cm³/mol. The molecular weight excluding hydrogens is 260 g/mol. The normalized spacial score (nSPS) is 28.8. The lowest BCUT2D eigenvalue weighted by Gasteiger charge is -2.46. The van der Waals surface area contributed by atoms with Crippen LogP contribution in [0.15, 0.2) is 0 Å². The Labute approximate surface area is 122 Å². The maximum Gasteiger partial charge on any atom is 0.275 e. The van der Waals surface area contributed by atoms with Crippen molar-refractivity contribution in [3.63, 3.8) is 0 Å². The second kappa shape index (κ2) is 8.25. The summed E-state index contributed by atoms with van der Waals surface area (Å²) in [7, 11) is 0. The molecule has 1 atom stereocenters. The van der Waals surface area contributed by atoms with Gasteiger partial charge < -0.3 is 4.90 Å². The second-order valence-corrected chi connectivity index (χ2v) is 5.40. The van der Waals surface area contributed by atoms with Gasteiger partial charge in [0.15, 0.2) is 0 Å². The van der Waals surface area contributed by atoms with Crippen molar-refractivity contribution in [3.8, 4) is 0 Å². The molecule has 0 aromatic heterocycles. The predicted octanol–water partition coefficient (Wildman–Crippen LogP) is 2.38. The van der Waals surface area contributed by atoms with Crippen molar-refractivity contribution in [1.29, 1.82) is 0 Å². The van der Waals surface area contributed by atoms with E-state index in [4.69, 9.17) is 0 Å². The SMILES string of the molecule is CC.CCN1CCN(C2CCN(CC)CC2(F)F)CC1. The van der Waals surface area contributed by atoms with Crippen LogP contribution in [-0.4, -0.2) is 79.0 Å². The quantitative estimate of drug-likeness (QED) is 0.790. The molecule has 0 saturated carbocycles. The highest BCUT2D eigenvalue weighted by atomic mass is 19.3. The molecule has 20 heavy (non-hydrogen) atoms. The molecule has 0 N–H and O–H groups in total. The number of likely N-dealkylation sites (tertiary alicyclic amines) is 1. The zero-order valence-electron chi connectivity index (χ0n) is 13.5. The Balaban J connectivity index is 0.000000956. The maximum absolute atomic E-state index is 14.2. The third kappa shape index (κ3) is 4.37. The molecule has 2 aliphatic heterocycles. The third-order valence-corrected chi connectivity index (χ3v) is 4.38. The summed E-state index contributed by atoms with van der Waals surface area (Å²) in [6.07, 6.45) is 0.604. The van der Waals surface area contributed by atoms with E-state index in [1.54, 1.807) is 0 Å². The summed E-state index contributed by atoms with van der Waals surface area (Å²) in [4.78, 5) is 6.20. The molecule has 0 aromatic rings. The van der Waals surface area contributed by atoms with E-state index in [1.807, 2.05) is 30.6 Å². The lowest BCUT2D eigenvalue weighted by Crippen LogP contribution is -2.61. The number of alkyl halides is 2. The topological polar surface area (TPSA) is 9.72 Å². The molecule has 0 spiro atoms. The van der Waals surface area contributed by atoms with Crippen molar-refractivity contribution < 1.29 is 8.78 Å². The molecule has 2 saturated heterocycles. The first-order chi connectivity index (χ1) is 9.56. The van der Waals surface area contributed by atoms with Crippen LogP contribution >= 0.6 is 0 Å². The Morgan fingerprint density at radius 2 is 1.45 bits per heavy atom. The number of likely N-dealkylation sites (N-methyl/N-ethyl adjacent to an activating group) is 1. The Morgan fingerprint density at radius 1 is 0.900 bits per heavy atom. The highest BCUT2D eigenvalue weighted by Crippen LogP contribution is 2.31. The van der Waals surface area contributed by atoms with E-state index in [0.29, 0.717) is 6.42 Å². The van der Waals surface area contributed by atoms with Crippen molar-refractivity contribution in [3.05, 3.63) is 0 Å². The van der Waals surface area contributed by atoms with Gasteiger partial charge in [-0.25, -0.2) is 8.78 Å². The summed E-state index contributed by atoms with van der Waals surface area (Å²) < 4.78 is 28.3. The average molecular weight is 291 g/mol. The number of piperazine rings is 1. The minimum absolute atomic E-state index is 0.0673. The summed E-state index contributed by atoms with van der Waals surface area (Å²) in [6.45, 7) is 14.0. The van der Waals surface area contributed by atoms with Crippen molar-refractivity contribution in [2.24, 2.45) is 0 Å². The molecule has 5 heteroatoms. The Hall–Kier alpha value is -0.260. The molecule has 2 fully saturated rings. The molecule has 0 radical (unpaired) electrons. The first-order valence-corrected chi connectivity index (χ1v) is 8.13. The van der Waals surface area contributed by atoms with Gasteiger partial charge in [0, 0.05) is 32.7 Å². The van der Waals surface area contributed by atoms with Crippen molar-refractivity contribution >= 4 is 0 Å². The van der Waals surface area contributed by atoms with Crippen LogP contribution in [0.5, 0.6) is 0 Å². The van der Waals surface area contributed by atoms with Crippen LogP contribution in [0.4, 0.5) is 8.78 Å². The van der Waals surface area contributed by atoms with Gasteiger partial charge in [0.05, 0.1) is 12.6 Å². The fourth-order valence-electron chi connectivity index (χ4n) is 3.11. The van der Waals surface area contributed by atoms with Gasteiger partial charge >= 0.3 is 0 Å². The lowest BCUT2D eigenvalue weighted by molar-refractivity contribution is -0.132. The van der Waals surface area contributed by atoms with E-state index in [-0.39, 0.29) is 6.54 Å². The molecule has 0 aliphatic carbocycles. The minimum Gasteiger partial charge on any atom is -0.301 e. The van der Waals surface area contributed by atoms with Gasteiger partial charge in [-0.15, -0.1) is 0 Å². The first kappa shape index (κ1) is 17.8. The third-order valence-electron chi connectivity index (χ3n) is 4.38. The van der Waals surface area contributed by atoms with E-state index < -0.39 is 12.0 Å². The van der Waals surface area contributed by atoms with E-state index in [9.17, 15) is 8.78 Å². The molecule has 0 bridgehead atoms. The Kier molecular flexibility index (Phi) is 7.34. The molecule has 120 valence electrons. The second-order valence-electron chi connectivity index (χ2n) is 5.40. The van der Waals surface area contributed by atoms with Gasteiger partial charge in [0.2, 0.25) is 0 Å². The van der Waals surface area contributed by atoms with Crippen LogP contribution in [-0.2, 0) is 0 Å². The number of hydrogen-bond acceptors (Lipinski definition) is 3. The molecule has 0 aromatic carbocycles. The van der Waals surface area contributed by atoms with Crippen LogP contribution in [0.1, 0.15) is 34.1 Å². The monoisotopic (exact) mass is 291 g/mol. The van der Waals surface area contributed by atoms with Gasteiger partial charge in [0.1, 0.15) is 0 Å². The van der Waals surface area contributed by atoms with Crippen LogP contribution in [0, 0.1) is 0 Å². The molecule has 0 amide bonds. The molecule has 2 aliphatic rings. The van der Waals surface area contributed by atoms with Gasteiger partial charge in [-0.3, -0.25) is 9.80 Å².